The molecule has 0 bridgehead atoms. The molecule has 0 N–H and O–H groups in total. The highest BCUT2D eigenvalue weighted by molar-refractivity contribution is 6.31. The molecule has 1 unspecified atom stereocenters. The van der Waals surface area contributed by atoms with E-state index in [2.05, 4.69) is 21.7 Å². The molecule has 7 heteroatoms. The molecule has 1 atom stereocenters. The van der Waals surface area contributed by atoms with Crippen LogP contribution in [0.4, 0.5) is 5.69 Å². The Labute approximate surface area is 173 Å². The third kappa shape index (κ3) is 3.78. The molecule has 0 fully saturated rings. The van der Waals surface area contributed by atoms with Crippen molar-refractivity contribution in [3.63, 3.8) is 0 Å². The Hall–Kier alpha value is -2.34. The minimum Gasteiger partial charge on any atom is -0.350 e. The van der Waals surface area contributed by atoms with Gasteiger partial charge in [0.25, 0.3) is 5.69 Å². The number of nitro groups is 1. The number of aryl methyl sites for hydroxylation is 1. The lowest BCUT2D eigenvalue weighted by atomic mass is 10.00. The van der Waals surface area contributed by atoms with E-state index in [-0.39, 0.29) is 16.7 Å². The van der Waals surface area contributed by atoms with E-state index < -0.39 is 0 Å². The predicted octanol–water partition coefficient (Wildman–Crippen LogP) is 5.70. The summed E-state index contributed by atoms with van der Waals surface area (Å²) in [7, 11) is 0. The first-order valence-electron chi connectivity index (χ1n) is 9.10. The molecule has 1 aliphatic heterocycles. The predicted molar refractivity (Wildman–Crippen MR) is 111 cm³/mol. The van der Waals surface area contributed by atoms with Crippen LogP contribution in [0.2, 0.25) is 10.0 Å². The van der Waals surface area contributed by atoms with Gasteiger partial charge in [-0.25, -0.2) is 0 Å². The van der Waals surface area contributed by atoms with Crippen LogP contribution in [-0.2, 0) is 13.1 Å². The normalized spacial score (nSPS) is 17.1. The van der Waals surface area contributed by atoms with Gasteiger partial charge in [0.1, 0.15) is 0 Å². The standard InChI is InChI=1S/C21H19Cl2N3O2/c22-16-6-4-15(5-7-16)14-25-12-2-11-24-10-1-3-20(24)21(25)18-13-17(26(27)28)8-9-19(18)23/h1,3-10,13,21H,2,11-12,14H2. The molecule has 0 amide bonds. The molecule has 4 rings (SSSR count). The zero-order valence-corrected chi connectivity index (χ0v) is 16.6. The molecular weight excluding hydrogens is 397 g/mol. The van der Waals surface area contributed by atoms with Gasteiger partial charge in [0.05, 0.1) is 11.0 Å². The fourth-order valence-corrected chi connectivity index (χ4v) is 4.19. The van der Waals surface area contributed by atoms with Crippen LogP contribution in [0.3, 0.4) is 0 Å². The Morgan fingerprint density at radius 3 is 2.61 bits per heavy atom. The molecule has 3 aromatic rings. The molecule has 2 heterocycles. The van der Waals surface area contributed by atoms with Crippen LogP contribution >= 0.6 is 23.2 Å². The highest BCUT2D eigenvalue weighted by Crippen LogP contribution is 2.38. The average Bonchev–Trinajstić information content (AvgIpc) is 3.06. The third-order valence-electron chi connectivity index (χ3n) is 5.14. The van der Waals surface area contributed by atoms with Gasteiger partial charge in [-0.3, -0.25) is 15.0 Å². The Kier molecular flexibility index (Phi) is 5.40. The van der Waals surface area contributed by atoms with E-state index in [1.807, 2.05) is 30.3 Å². The summed E-state index contributed by atoms with van der Waals surface area (Å²) in [6, 6.07) is 16.4. The zero-order valence-electron chi connectivity index (χ0n) is 15.1. The van der Waals surface area contributed by atoms with Gasteiger partial charge in [0.2, 0.25) is 0 Å². The molecule has 0 saturated carbocycles. The first-order valence-corrected chi connectivity index (χ1v) is 9.86. The number of aromatic nitrogens is 1. The molecule has 0 spiro atoms. The molecule has 1 aliphatic rings. The molecule has 144 valence electrons. The van der Waals surface area contributed by atoms with Crippen molar-refractivity contribution >= 4 is 28.9 Å². The summed E-state index contributed by atoms with van der Waals surface area (Å²) in [5.74, 6) is 0. The Morgan fingerprint density at radius 1 is 1.07 bits per heavy atom. The van der Waals surface area contributed by atoms with Gasteiger partial charge in [0, 0.05) is 59.3 Å². The first kappa shape index (κ1) is 19.0. The lowest BCUT2D eigenvalue weighted by Gasteiger charge is -2.31. The molecule has 5 nitrogen and oxygen atoms in total. The molecular formula is C21H19Cl2N3O2. The van der Waals surface area contributed by atoms with Gasteiger partial charge < -0.3 is 4.57 Å². The summed E-state index contributed by atoms with van der Waals surface area (Å²) in [4.78, 5) is 13.3. The topological polar surface area (TPSA) is 51.3 Å². The van der Waals surface area contributed by atoms with E-state index in [9.17, 15) is 10.1 Å². The van der Waals surface area contributed by atoms with Crippen LogP contribution in [0.25, 0.3) is 0 Å². The largest absolute Gasteiger partial charge is 0.350 e. The number of non-ortho nitro benzene ring substituents is 1. The number of fused-ring (bicyclic) bond motifs is 1. The van der Waals surface area contributed by atoms with Gasteiger partial charge in [0.15, 0.2) is 0 Å². The summed E-state index contributed by atoms with van der Waals surface area (Å²) < 4.78 is 2.21. The monoisotopic (exact) mass is 415 g/mol. The van der Waals surface area contributed by atoms with Crippen molar-refractivity contribution in [2.75, 3.05) is 6.54 Å². The average molecular weight is 416 g/mol. The minimum absolute atomic E-state index is 0.0493. The van der Waals surface area contributed by atoms with E-state index in [1.54, 1.807) is 12.1 Å². The number of halogens is 2. The van der Waals surface area contributed by atoms with Crippen molar-refractivity contribution in [3.8, 4) is 0 Å². The van der Waals surface area contributed by atoms with E-state index in [0.29, 0.717) is 16.6 Å². The number of hydrogen-bond acceptors (Lipinski definition) is 3. The maximum absolute atomic E-state index is 11.3. The molecule has 0 aliphatic carbocycles. The van der Waals surface area contributed by atoms with Crippen molar-refractivity contribution in [1.29, 1.82) is 0 Å². The van der Waals surface area contributed by atoms with Crippen LogP contribution in [-0.4, -0.2) is 20.9 Å². The van der Waals surface area contributed by atoms with Crippen molar-refractivity contribution in [2.45, 2.75) is 25.6 Å². The smallest absolute Gasteiger partial charge is 0.269 e. The van der Waals surface area contributed by atoms with Crippen LogP contribution in [0.1, 0.15) is 29.3 Å². The number of rotatable bonds is 4. The molecule has 0 saturated heterocycles. The molecule has 1 aromatic heterocycles. The maximum Gasteiger partial charge on any atom is 0.269 e. The summed E-state index contributed by atoms with van der Waals surface area (Å²) in [5.41, 5.74) is 3.03. The molecule has 0 radical (unpaired) electrons. The van der Waals surface area contributed by atoms with Crippen LogP contribution in [0, 0.1) is 10.1 Å². The summed E-state index contributed by atoms with van der Waals surface area (Å²) >= 11 is 12.6. The van der Waals surface area contributed by atoms with Crippen molar-refractivity contribution in [1.82, 2.24) is 9.47 Å². The van der Waals surface area contributed by atoms with Crippen LogP contribution < -0.4 is 0 Å². The fraction of sp³-hybridized carbons (Fsp3) is 0.238. The second-order valence-corrected chi connectivity index (χ2v) is 7.79. The van der Waals surface area contributed by atoms with Crippen molar-refractivity contribution in [3.05, 3.63) is 97.8 Å². The van der Waals surface area contributed by atoms with Gasteiger partial charge in [-0.15, -0.1) is 0 Å². The number of nitro benzene ring substituents is 1. The second kappa shape index (κ2) is 7.95. The molecule has 2 aromatic carbocycles. The SMILES string of the molecule is O=[N+]([O-])c1ccc(Cl)c(C2c3cccn3CCCN2Cc2ccc(Cl)cc2)c1. The number of hydrogen-bond donors (Lipinski definition) is 0. The van der Waals surface area contributed by atoms with E-state index in [1.165, 1.54) is 6.07 Å². The van der Waals surface area contributed by atoms with Gasteiger partial charge in [-0.05, 0) is 42.3 Å². The Morgan fingerprint density at radius 2 is 1.86 bits per heavy atom. The summed E-state index contributed by atoms with van der Waals surface area (Å²) in [6.45, 7) is 2.46. The highest BCUT2D eigenvalue weighted by Gasteiger charge is 2.30. The third-order valence-corrected chi connectivity index (χ3v) is 5.73. The summed E-state index contributed by atoms with van der Waals surface area (Å²) in [6.07, 6.45) is 3.04. The van der Waals surface area contributed by atoms with Crippen molar-refractivity contribution in [2.24, 2.45) is 0 Å². The highest BCUT2D eigenvalue weighted by atomic mass is 35.5. The van der Waals surface area contributed by atoms with Crippen LogP contribution in [0.5, 0.6) is 0 Å². The van der Waals surface area contributed by atoms with Crippen molar-refractivity contribution < 1.29 is 4.92 Å². The maximum atomic E-state index is 11.3. The minimum atomic E-state index is -0.376. The number of nitrogens with zero attached hydrogens (tertiary/aromatic N) is 3. The lowest BCUT2D eigenvalue weighted by Crippen LogP contribution is -2.29. The molecule has 28 heavy (non-hydrogen) atoms. The van der Waals surface area contributed by atoms with Gasteiger partial charge in [-0.1, -0.05) is 35.3 Å². The van der Waals surface area contributed by atoms with Crippen LogP contribution in [0.15, 0.2) is 60.8 Å². The number of benzene rings is 2. The fourth-order valence-electron chi connectivity index (χ4n) is 3.84. The Balaban J connectivity index is 1.80. The van der Waals surface area contributed by atoms with E-state index in [4.69, 9.17) is 23.2 Å². The lowest BCUT2D eigenvalue weighted by molar-refractivity contribution is -0.384. The second-order valence-electron chi connectivity index (χ2n) is 6.94. The Bertz CT molecular complexity index is 1000. The first-order chi connectivity index (χ1) is 13.5. The van der Waals surface area contributed by atoms with Gasteiger partial charge in [-0.2, -0.15) is 0 Å². The van der Waals surface area contributed by atoms with E-state index in [0.717, 1.165) is 36.3 Å². The van der Waals surface area contributed by atoms with Gasteiger partial charge >= 0.3 is 0 Å². The van der Waals surface area contributed by atoms with E-state index >= 15 is 0 Å². The zero-order chi connectivity index (χ0) is 19.7. The quantitative estimate of drug-likeness (QED) is 0.405. The summed E-state index contributed by atoms with van der Waals surface area (Å²) in [5, 5.41) is 12.6.